The van der Waals surface area contributed by atoms with Crippen molar-refractivity contribution >= 4 is 28.5 Å². The van der Waals surface area contributed by atoms with Crippen LogP contribution in [-0.2, 0) is 6.54 Å². The SMILES string of the molecule is O=C(NCc1ccc(-n2cccn2)nc1)c1cccn1-c1cccc(I)c1. The van der Waals surface area contributed by atoms with Gasteiger partial charge in [0.25, 0.3) is 5.91 Å². The molecule has 0 fully saturated rings. The second-order valence-electron chi connectivity index (χ2n) is 5.90. The number of rotatable bonds is 5. The van der Waals surface area contributed by atoms with Gasteiger partial charge >= 0.3 is 0 Å². The number of hydrogen-bond acceptors (Lipinski definition) is 3. The van der Waals surface area contributed by atoms with Crippen molar-refractivity contribution in [3.05, 3.63) is 94.2 Å². The van der Waals surface area contributed by atoms with Gasteiger partial charge < -0.3 is 9.88 Å². The lowest BCUT2D eigenvalue weighted by Crippen LogP contribution is -2.25. The number of carbonyl (C=O) groups excluding carboxylic acids is 1. The Morgan fingerprint density at radius 2 is 2.00 bits per heavy atom. The summed E-state index contributed by atoms with van der Waals surface area (Å²) < 4.78 is 4.70. The summed E-state index contributed by atoms with van der Waals surface area (Å²) in [4.78, 5) is 17.0. The molecule has 27 heavy (non-hydrogen) atoms. The third kappa shape index (κ3) is 3.92. The maximum atomic E-state index is 12.6. The zero-order valence-electron chi connectivity index (χ0n) is 14.3. The number of aromatic nitrogens is 4. The molecule has 4 rings (SSSR count). The van der Waals surface area contributed by atoms with Crippen LogP contribution in [0.2, 0.25) is 0 Å². The van der Waals surface area contributed by atoms with E-state index in [9.17, 15) is 4.79 Å². The maximum absolute atomic E-state index is 12.6. The Kier molecular flexibility index (Phi) is 5.01. The fraction of sp³-hybridized carbons (Fsp3) is 0.0500. The van der Waals surface area contributed by atoms with Crippen LogP contribution >= 0.6 is 22.6 Å². The van der Waals surface area contributed by atoms with Crippen LogP contribution in [0.4, 0.5) is 0 Å². The minimum absolute atomic E-state index is 0.130. The van der Waals surface area contributed by atoms with Gasteiger partial charge in [0.15, 0.2) is 5.82 Å². The normalized spacial score (nSPS) is 10.7. The first-order chi connectivity index (χ1) is 13.2. The highest BCUT2D eigenvalue weighted by Gasteiger charge is 2.12. The van der Waals surface area contributed by atoms with E-state index in [1.165, 1.54) is 0 Å². The van der Waals surface area contributed by atoms with E-state index < -0.39 is 0 Å². The molecule has 7 heteroatoms. The van der Waals surface area contributed by atoms with E-state index in [0.717, 1.165) is 20.6 Å². The average Bonchev–Trinajstić information content (AvgIpc) is 3.38. The summed E-state index contributed by atoms with van der Waals surface area (Å²) in [5.41, 5.74) is 2.48. The Labute approximate surface area is 170 Å². The third-order valence-electron chi connectivity index (χ3n) is 4.07. The zero-order valence-corrected chi connectivity index (χ0v) is 16.4. The summed E-state index contributed by atoms with van der Waals surface area (Å²) in [7, 11) is 0. The van der Waals surface area contributed by atoms with Crippen LogP contribution in [0.5, 0.6) is 0 Å². The molecule has 0 radical (unpaired) electrons. The van der Waals surface area contributed by atoms with Crippen molar-refractivity contribution in [3.63, 3.8) is 0 Å². The summed E-state index contributed by atoms with van der Waals surface area (Å²) in [6.45, 7) is 0.405. The summed E-state index contributed by atoms with van der Waals surface area (Å²) >= 11 is 2.26. The van der Waals surface area contributed by atoms with Gasteiger partial charge in [0.1, 0.15) is 5.69 Å². The minimum atomic E-state index is -0.130. The number of nitrogens with one attached hydrogen (secondary N) is 1. The van der Waals surface area contributed by atoms with Gasteiger partial charge in [-0.25, -0.2) is 9.67 Å². The molecule has 0 saturated carbocycles. The first-order valence-corrected chi connectivity index (χ1v) is 9.45. The maximum Gasteiger partial charge on any atom is 0.268 e. The average molecular weight is 469 g/mol. The molecule has 3 heterocycles. The summed E-state index contributed by atoms with van der Waals surface area (Å²) in [5, 5.41) is 7.11. The Morgan fingerprint density at radius 3 is 2.74 bits per heavy atom. The molecule has 0 aliphatic carbocycles. The molecule has 1 amide bonds. The quantitative estimate of drug-likeness (QED) is 0.455. The highest BCUT2D eigenvalue weighted by atomic mass is 127. The Balaban J connectivity index is 1.45. The number of hydrogen-bond donors (Lipinski definition) is 1. The van der Waals surface area contributed by atoms with Crippen LogP contribution in [0.25, 0.3) is 11.5 Å². The second kappa shape index (κ2) is 7.75. The Bertz CT molecular complexity index is 1050. The molecule has 6 nitrogen and oxygen atoms in total. The smallest absolute Gasteiger partial charge is 0.268 e. The molecule has 1 aromatic carbocycles. The van der Waals surface area contributed by atoms with Crippen molar-refractivity contribution in [1.29, 1.82) is 0 Å². The number of halogens is 1. The lowest BCUT2D eigenvalue weighted by Gasteiger charge is -2.10. The number of carbonyl (C=O) groups is 1. The van der Waals surface area contributed by atoms with E-state index in [0.29, 0.717) is 12.2 Å². The molecular formula is C20H16IN5O. The summed E-state index contributed by atoms with van der Waals surface area (Å²) in [5.74, 6) is 0.609. The van der Waals surface area contributed by atoms with Gasteiger partial charge in [-0.2, -0.15) is 5.10 Å². The van der Waals surface area contributed by atoms with E-state index in [-0.39, 0.29) is 5.91 Å². The van der Waals surface area contributed by atoms with Crippen LogP contribution < -0.4 is 5.32 Å². The molecule has 134 valence electrons. The van der Waals surface area contributed by atoms with Crippen LogP contribution in [0.3, 0.4) is 0 Å². The highest BCUT2D eigenvalue weighted by Crippen LogP contribution is 2.16. The topological polar surface area (TPSA) is 64.7 Å². The molecule has 0 aliphatic rings. The fourth-order valence-corrected chi connectivity index (χ4v) is 3.28. The number of pyridine rings is 1. The van der Waals surface area contributed by atoms with Gasteiger partial charge in [0.2, 0.25) is 0 Å². The third-order valence-corrected chi connectivity index (χ3v) is 4.74. The van der Waals surface area contributed by atoms with E-state index in [2.05, 4.69) is 38.0 Å². The zero-order chi connectivity index (χ0) is 18.6. The molecular weight excluding hydrogens is 453 g/mol. The van der Waals surface area contributed by atoms with Crippen LogP contribution in [0, 0.1) is 3.57 Å². The fourth-order valence-electron chi connectivity index (χ4n) is 2.75. The molecule has 4 aromatic rings. The second-order valence-corrected chi connectivity index (χ2v) is 7.15. The first-order valence-electron chi connectivity index (χ1n) is 8.37. The Hall–Kier alpha value is -2.94. The van der Waals surface area contributed by atoms with Crippen LogP contribution in [0.15, 0.2) is 79.4 Å². The van der Waals surface area contributed by atoms with E-state index in [4.69, 9.17) is 0 Å². The van der Waals surface area contributed by atoms with Crippen LogP contribution in [0.1, 0.15) is 16.1 Å². The van der Waals surface area contributed by atoms with Gasteiger partial charge in [0, 0.05) is 40.6 Å². The predicted octanol–water partition coefficient (Wildman–Crippen LogP) is 3.59. The molecule has 0 aliphatic heterocycles. The standard InChI is InChI=1S/C20H16IN5O/c21-16-4-1-5-17(12-16)25-10-2-6-18(25)20(27)23-14-15-7-8-19(22-13-15)26-11-3-9-24-26/h1-13H,14H2,(H,23,27). The largest absolute Gasteiger partial charge is 0.347 e. The van der Waals surface area contributed by atoms with Gasteiger partial charge in [-0.3, -0.25) is 4.79 Å². The molecule has 0 atom stereocenters. The lowest BCUT2D eigenvalue weighted by atomic mass is 10.2. The molecule has 0 bridgehead atoms. The first kappa shape index (κ1) is 17.5. The molecule has 3 aromatic heterocycles. The van der Waals surface area contributed by atoms with Gasteiger partial charge in [-0.15, -0.1) is 0 Å². The molecule has 0 saturated heterocycles. The summed E-state index contributed by atoms with van der Waals surface area (Å²) in [6, 6.07) is 17.4. The monoisotopic (exact) mass is 469 g/mol. The number of nitrogens with zero attached hydrogens (tertiary/aromatic N) is 4. The van der Waals surface area contributed by atoms with Gasteiger partial charge in [-0.05, 0) is 70.6 Å². The number of benzene rings is 1. The number of amides is 1. The van der Waals surface area contributed by atoms with Crippen molar-refractivity contribution in [2.24, 2.45) is 0 Å². The predicted molar refractivity (Wildman–Crippen MR) is 111 cm³/mol. The van der Waals surface area contributed by atoms with Crippen molar-refractivity contribution in [2.45, 2.75) is 6.54 Å². The molecule has 1 N–H and O–H groups in total. The minimum Gasteiger partial charge on any atom is -0.347 e. The van der Waals surface area contributed by atoms with Crippen molar-refractivity contribution in [1.82, 2.24) is 24.6 Å². The molecule has 0 spiro atoms. The Morgan fingerprint density at radius 1 is 1.07 bits per heavy atom. The van der Waals surface area contributed by atoms with E-state index in [1.807, 2.05) is 71.6 Å². The van der Waals surface area contributed by atoms with E-state index >= 15 is 0 Å². The van der Waals surface area contributed by atoms with Gasteiger partial charge in [-0.1, -0.05) is 12.1 Å². The van der Waals surface area contributed by atoms with Crippen LogP contribution in [-0.4, -0.2) is 25.2 Å². The van der Waals surface area contributed by atoms with Crippen molar-refractivity contribution < 1.29 is 4.79 Å². The van der Waals surface area contributed by atoms with E-state index in [1.54, 1.807) is 17.1 Å². The van der Waals surface area contributed by atoms with Crippen molar-refractivity contribution in [2.75, 3.05) is 0 Å². The lowest BCUT2D eigenvalue weighted by molar-refractivity contribution is 0.0944. The summed E-state index contributed by atoms with van der Waals surface area (Å²) in [6.07, 6.45) is 7.18. The van der Waals surface area contributed by atoms with Gasteiger partial charge in [0.05, 0.1) is 0 Å². The molecule has 0 unspecified atom stereocenters. The highest BCUT2D eigenvalue weighted by molar-refractivity contribution is 14.1. The van der Waals surface area contributed by atoms with Crippen molar-refractivity contribution in [3.8, 4) is 11.5 Å².